The number of ether oxygens (including phenoxy) is 2. The Kier molecular flexibility index (Phi) is 2.97. The number of aryl methyl sites for hydroxylation is 2. The summed E-state index contributed by atoms with van der Waals surface area (Å²) in [6.07, 6.45) is 0. The lowest BCUT2D eigenvalue weighted by atomic mass is 10.0. The molecule has 104 valence electrons. The van der Waals surface area contributed by atoms with E-state index in [4.69, 9.17) is 9.47 Å². The molecule has 1 aliphatic heterocycles. The number of ketones is 1. The fourth-order valence-electron chi connectivity index (χ4n) is 2.43. The van der Waals surface area contributed by atoms with Gasteiger partial charge in [-0.1, -0.05) is 0 Å². The summed E-state index contributed by atoms with van der Waals surface area (Å²) in [5, 5.41) is 4.28. The van der Waals surface area contributed by atoms with Crippen LogP contribution in [0.5, 0.6) is 11.5 Å². The van der Waals surface area contributed by atoms with Gasteiger partial charge in [-0.05, 0) is 32.0 Å². The highest BCUT2D eigenvalue weighted by Gasteiger charge is 2.21. The van der Waals surface area contributed by atoms with Crippen molar-refractivity contribution >= 4 is 5.78 Å². The maximum Gasteiger partial charge on any atom is 0.196 e. The Balaban J connectivity index is 2.02. The Morgan fingerprint density at radius 2 is 1.90 bits per heavy atom. The van der Waals surface area contributed by atoms with E-state index in [0.29, 0.717) is 35.8 Å². The topological polar surface area (TPSA) is 53.4 Å². The lowest BCUT2D eigenvalue weighted by molar-refractivity contribution is 0.103. The van der Waals surface area contributed by atoms with Crippen molar-refractivity contribution in [1.29, 1.82) is 0 Å². The Labute approximate surface area is 117 Å². The number of hydrogen-bond donors (Lipinski definition) is 0. The van der Waals surface area contributed by atoms with Crippen LogP contribution in [0.2, 0.25) is 0 Å². The van der Waals surface area contributed by atoms with Gasteiger partial charge in [0.05, 0.1) is 11.3 Å². The second kappa shape index (κ2) is 4.67. The first-order chi connectivity index (χ1) is 9.58. The summed E-state index contributed by atoms with van der Waals surface area (Å²) in [6, 6.07) is 5.28. The smallest absolute Gasteiger partial charge is 0.196 e. The van der Waals surface area contributed by atoms with Gasteiger partial charge in [0.2, 0.25) is 0 Å². The van der Waals surface area contributed by atoms with E-state index in [9.17, 15) is 4.79 Å². The summed E-state index contributed by atoms with van der Waals surface area (Å²) in [7, 11) is 1.84. The summed E-state index contributed by atoms with van der Waals surface area (Å²) in [5.74, 6) is 1.28. The zero-order valence-corrected chi connectivity index (χ0v) is 11.8. The molecular weight excluding hydrogens is 256 g/mol. The standard InChI is InChI=1S/C15H16N2O3/c1-9-14(10(2)17(3)16-9)15(18)11-4-5-12-13(8-11)20-7-6-19-12/h4-5,8H,6-7H2,1-3H3. The van der Waals surface area contributed by atoms with Crippen LogP contribution in [0.4, 0.5) is 0 Å². The molecule has 0 saturated heterocycles. The first-order valence-electron chi connectivity index (χ1n) is 6.52. The molecule has 0 spiro atoms. The molecule has 2 aromatic rings. The summed E-state index contributed by atoms with van der Waals surface area (Å²) >= 11 is 0. The monoisotopic (exact) mass is 272 g/mol. The number of hydrogen-bond acceptors (Lipinski definition) is 4. The maximum absolute atomic E-state index is 12.6. The molecule has 0 bridgehead atoms. The molecular formula is C15H16N2O3. The first kappa shape index (κ1) is 12.7. The van der Waals surface area contributed by atoms with Crippen molar-refractivity contribution in [2.45, 2.75) is 13.8 Å². The molecule has 2 heterocycles. The minimum absolute atomic E-state index is 0.0370. The predicted octanol–water partition coefficient (Wildman–Crippen LogP) is 2.04. The van der Waals surface area contributed by atoms with Gasteiger partial charge in [-0.25, -0.2) is 0 Å². The number of aromatic nitrogens is 2. The summed E-state index contributed by atoms with van der Waals surface area (Å²) < 4.78 is 12.7. The van der Waals surface area contributed by atoms with E-state index in [1.54, 1.807) is 22.9 Å². The third-order valence-electron chi connectivity index (χ3n) is 3.54. The van der Waals surface area contributed by atoms with Gasteiger partial charge in [0.15, 0.2) is 17.3 Å². The van der Waals surface area contributed by atoms with Crippen LogP contribution in [-0.4, -0.2) is 28.8 Å². The molecule has 0 atom stereocenters. The molecule has 20 heavy (non-hydrogen) atoms. The summed E-state index contributed by atoms with van der Waals surface area (Å²) in [5.41, 5.74) is 2.85. The normalized spacial score (nSPS) is 13.3. The Hall–Kier alpha value is -2.30. The van der Waals surface area contributed by atoms with Crippen LogP contribution in [0.15, 0.2) is 18.2 Å². The molecule has 1 aromatic heterocycles. The predicted molar refractivity (Wildman–Crippen MR) is 73.5 cm³/mol. The van der Waals surface area contributed by atoms with E-state index in [-0.39, 0.29) is 5.78 Å². The molecule has 0 unspecified atom stereocenters. The highest BCUT2D eigenvalue weighted by atomic mass is 16.6. The lowest BCUT2D eigenvalue weighted by Crippen LogP contribution is -2.16. The van der Waals surface area contributed by atoms with Crippen LogP contribution in [-0.2, 0) is 7.05 Å². The third-order valence-corrected chi connectivity index (χ3v) is 3.54. The van der Waals surface area contributed by atoms with E-state index < -0.39 is 0 Å². The van der Waals surface area contributed by atoms with Gasteiger partial charge in [0.1, 0.15) is 13.2 Å². The van der Waals surface area contributed by atoms with E-state index in [0.717, 1.165) is 11.4 Å². The van der Waals surface area contributed by atoms with Crippen molar-refractivity contribution in [2.24, 2.45) is 7.05 Å². The number of benzene rings is 1. The molecule has 0 fully saturated rings. The fourth-order valence-corrected chi connectivity index (χ4v) is 2.43. The minimum Gasteiger partial charge on any atom is -0.486 e. The molecule has 3 rings (SSSR count). The van der Waals surface area contributed by atoms with Crippen molar-refractivity contribution in [2.75, 3.05) is 13.2 Å². The van der Waals surface area contributed by atoms with Crippen LogP contribution in [0, 0.1) is 13.8 Å². The zero-order chi connectivity index (χ0) is 14.3. The van der Waals surface area contributed by atoms with Gasteiger partial charge < -0.3 is 9.47 Å². The van der Waals surface area contributed by atoms with Crippen molar-refractivity contribution in [3.63, 3.8) is 0 Å². The SMILES string of the molecule is Cc1nn(C)c(C)c1C(=O)c1ccc2c(c1)OCCO2. The van der Waals surface area contributed by atoms with Gasteiger partial charge in [-0.3, -0.25) is 9.48 Å². The van der Waals surface area contributed by atoms with Crippen molar-refractivity contribution < 1.29 is 14.3 Å². The molecule has 0 amide bonds. The quantitative estimate of drug-likeness (QED) is 0.785. The Morgan fingerprint density at radius 1 is 1.20 bits per heavy atom. The van der Waals surface area contributed by atoms with Crippen molar-refractivity contribution in [3.05, 3.63) is 40.7 Å². The van der Waals surface area contributed by atoms with Gasteiger partial charge in [0, 0.05) is 18.3 Å². The highest BCUT2D eigenvalue weighted by molar-refractivity contribution is 6.10. The van der Waals surface area contributed by atoms with Gasteiger partial charge in [0.25, 0.3) is 0 Å². The van der Waals surface area contributed by atoms with Gasteiger partial charge in [-0.2, -0.15) is 5.10 Å². The molecule has 0 N–H and O–H groups in total. The second-order valence-electron chi connectivity index (χ2n) is 4.86. The van der Waals surface area contributed by atoms with Crippen LogP contribution in [0.1, 0.15) is 27.3 Å². The van der Waals surface area contributed by atoms with Gasteiger partial charge in [-0.15, -0.1) is 0 Å². The van der Waals surface area contributed by atoms with Crippen LogP contribution >= 0.6 is 0 Å². The van der Waals surface area contributed by atoms with Crippen molar-refractivity contribution in [1.82, 2.24) is 9.78 Å². The number of nitrogens with zero attached hydrogens (tertiary/aromatic N) is 2. The van der Waals surface area contributed by atoms with Crippen LogP contribution in [0.3, 0.4) is 0 Å². The average molecular weight is 272 g/mol. The minimum atomic E-state index is -0.0370. The number of rotatable bonds is 2. The summed E-state index contributed by atoms with van der Waals surface area (Å²) in [6.45, 7) is 4.79. The number of carbonyl (C=O) groups excluding carboxylic acids is 1. The fraction of sp³-hybridized carbons (Fsp3) is 0.333. The molecule has 5 nitrogen and oxygen atoms in total. The van der Waals surface area contributed by atoms with E-state index in [1.165, 1.54) is 0 Å². The number of carbonyl (C=O) groups is 1. The van der Waals surface area contributed by atoms with Crippen LogP contribution < -0.4 is 9.47 Å². The van der Waals surface area contributed by atoms with E-state index in [2.05, 4.69) is 5.10 Å². The highest BCUT2D eigenvalue weighted by Crippen LogP contribution is 2.31. The summed E-state index contributed by atoms with van der Waals surface area (Å²) in [4.78, 5) is 12.6. The molecule has 0 radical (unpaired) electrons. The lowest BCUT2D eigenvalue weighted by Gasteiger charge is -2.18. The molecule has 0 aliphatic carbocycles. The second-order valence-corrected chi connectivity index (χ2v) is 4.86. The largest absolute Gasteiger partial charge is 0.486 e. The van der Waals surface area contributed by atoms with E-state index in [1.807, 2.05) is 20.9 Å². The molecule has 0 saturated carbocycles. The third kappa shape index (κ3) is 1.95. The average Bonchev–Trinajstić information content (AvgIpc) is 2.71. The Bertz CT molecular complexity index is 689. The maximum atomic E-state index is 12.6. The Morgan fingerprint density at radius 3 is 2.55 bits per heavy atom. The molecule has 1 aromatic carbocycles. The van der Waals surface area contributed by atoms with Crippen LogP contribution in [0.25, 0.3) is 0 Å². The first-order valence-corrected chi connectivity index (χ1v) is 6.52. The molecule has 5 heteroatoms. The van der Waals surface area contributed by atoms with Crippen molar-refractivity contribution in [3.8, 4) is 11.5 Å². The van der Waals surface area contributed by atoms with E-state index >= 15 is 0 Å². The van der Waals surface area contributed by atoms with Gasteiger partial charge >= 0.3 is 0 Å². The number of fused-ring (bicyclic) bond motifs is 1. The zero-order valence-electron chi connectivity index (χ0n) is 11.8. The molecule has 1 aliphatic rings.